The number of aliphatic imine (C=N–C) groups is 1. The third kappa shape index (κ3) is 5.17. The van der Waals surface area contributed by atoms with Crippen molar-refractivity contribution < 1.29 is 14.0 Å². The molecule has 2 aromatic carbocycles. The standard InChI is InChI=1S/C23H20Cl2FN3O2S/c24-16-10-9-14(11-17(16)25)12-19-22(31)29(20-8-4-3-7-18(20)26)23(28-19)32-13-21(30)27-15-5-1-2-6-15/h3-4,7-12,15H,1-2,5-6,13H2,(H,27,30)/b19-12-. The van der Waals surface area contributed by atoms with Crippen LogP contribution in [-0.4, -0.2) is 28.8 Å². The Morgan fingerprint density at radius 3 is 2.66 bits per heavy atom. The van der Waals surface area contributed by atoms with Crippen LogP contribution >= 0.6 is 35.0 Å². The van der Waals surface area contributed by atoms with E-state index in [1.165, 1.54) is 17.0 Å². The van der Waals surface area contributed by atoms with Crippen molar-refractivity contribution in [3.63, 3.8) is 0 Å². The molecule has 1 aliphatic carbocycles. The molecule has 1 aliphatic heterocycles. The van der Waals surface area contributed by atoms with Crippen molar-refractivity contribution in [2.75, 3.05) is 10.7 Å². The van der Waals surface area contributed by atoms with E-state index in [0.29, 0.717) is 15.6 Å². The van der Waals surface area contributed by atoms with Crippen LogP contribution < -0.4 is 10.2 Å². The van der Waals surface area contributed by atoms with Gasteiger partial charge in [-0.25, -0.2) is 9.38 Å². The predicted octanol–water partition coefficient (Wildman–Crippen LogP) is 5.67. The highest BCUT2D eigenvalue weighted by Crippen LogP contribution is 2.32. The third-order valence-electron chi connectivity index (χ3n) is 5.22. The molecule has 0 atom stereocenters. The maximum absolute atomic E-state index is 14.5. The van der Waals surface area contributed by atoms with Crippen LogP contribution in [-0.2, 0) is 9.59 Å². The van der Waals surface area contributed by atoms with Crippen LogP contribution in [0.15, 0.2) is 53.2 Å². The number of nitrogens with zero attached hydrogens (tertiary/aromatic N) is 2. The van der Waals surface area contributed by atoms with Gasteiger partial charge in [-0.05, 0) is 48.7 Å². The highest BCUT2D eigenvalue weighted by Gasteiger charge is 2.34. The number of thioether (sulfide) groups is 1. The molecule has 2 aliphatic rings. The first-order valence-electron chi connectivity index (χ1n) is 10.2. The van der Waals surface area contributed by atoms with Crippen LogP contribution in [0.25, 0.3) is 6.08 Å². The zero-order chi connectivity index (χ0) is 22.7. The molecule has 1 N–H and O–H groups in total. The summed E-state index contributed by atoms with van der Waals surface area (Å²) in [7, 11) is 0. The summed E-state index contributed by atoms with van der Waals surface area (Å²) in [5.74, 6) is -1.10. The van der Waals surface area contributed by atoms with Gasteiger partial charge in [0.05, 0.1) is 21.5 Å². The molecule has 166 valence electrons. The minimum atomic E-state index is -0.555. The first kappa shape index (κ1) is 22.8. The summed E-state index contributed by atoms with van der Waals surface area (Å²) in [6.45, 7) is 0. The van der Waals surface area contributed by atoms with Gasteiger partial charge in [-0.15, -0.1) is 0 Å². The summed E-state index contributed by atoms with van der Waals surface area (Å²) in [6, 6.07) is 11.1. The van der Waals surface area contributed by atoms with Gasteiger partial charge < -0.3 is 5.32 Å². The Kier molecular flexibility index (Phi) is 7.18. The molecule has 2 aromatic rings. The van der Waals surface area contributed by atoms with Gasteiger partial charge in [0, 0.05) is 6.04 Å². The van der Waals surface area contributed by atoms with E-state index in [2.05, 4.69) is 10.3 Å². The minimum absolute atomic E-state index is 0.0770. The van der Waals surface area contributed by atoms with E-state index in [1.54, 1.807) is 36.4 Å². The number of halogens is 3. The number of hydrogen-bond donors (Lipinski definition) is 1. The second-order valence-corrected chi connectivity index (χ2v) is 9.28. The number of amides is 2. The summed E-state index contributed by atoms with van der Waals surface area (Å²) in [5.41, 5.74) is 0.827. The number of anilines is 1. The molecule has 32 heavy (non-hydrogen) atoms. The lowest BCUT2D eigenvalue weighted by Crippen LogP contribution is -2.36. The van der Waals surface area contributed by atoms with Crippen LogP contribution in [0.1, 0.15) is 31.2 Å². The van der Waals surface area contributed by atoms with Gasteiger partial charge in [-0.3, -0.25) is 14.5 Å². The molecule has 1 saturated carbocycles. The van der Waals surface area contributed by atoms with Gasteiger partial charge in [0.1, 0.15) is 11.5 Å². The van der Waals surface area contributed by atoms with Gasteiger partial charge in [-0.2, -0.15) is 0 Å². The highest BCUT2D eigenvalue weighted by molar-refractivity contribution is 8.14. The Labute approximate surface area is 199 Å². The molecule has 9 heteroatoms. The average molecular weight is 492 g/mol. The first-order valence-corrected chi connectivity index (χ1v) is 11.9. The number of rotatable bonds is 5. The number of carbonyl (C=O) groups excluding carboxylic acids is 2. The van der Waals surface area contributed by atoms with E-state index < -0.39 is 11.7 Å². The first-order chi connectivity index (χ1) is 15.4. The number of benzene rings is 2. The quantitative estimate of drug-likeness (QED) is 0.548. The fraction of sp³-hybridized carbons (Fsp3) is 0.261. The monoisotopic (exact) mass is 491 g/mol. The van der Waals surface area contributed by atoms with Gasteiger partial charge in [-0.1, -0.05) is 66.0 Å². The third-order valence-corrected chi connectivity index (χ3v) is 6.90. The Morgan fingerprint density at radius 2 is 1.94 bits per heavy atom. The van der Waals surface area contributed by atoms with Gasteiger partial charge in [0.25, 0.3) is 5.91 Å². The molecule has 0 radical (unpaired) electrons. The molecular formula is C23H20Cl2FN3O2S. The summed E-state index contributed by atoms with van der Waals surface area (Å²) in [6.07, 6.45) is 5.75. The van der Waals surface area contributed by atoms with Crippen molar-refractivity contribution in [2.24, 2.45) is 4.99 Å². The Morgan fingerprint density at radius 1 is 1.19 bits per heavy atom. The Hall–Kier alpha value is -2.35. The minimum Gasteiger partial charge on any atom is -0.353 e. The number of para-hydroxylation sites is 1. The largest absolute Gasteiger partial charge is 0.353 e. The number of carbonyl (C=O) groups is 2. The average Bonchev–Trinajstić information content (AvgIpc) is 3.38. The molecule has 5 nitrogen and oxygen atoms in total. The molecule has 1 heterocycles. The Bertz CT molecular complexity index is 1120. The van der Waals surface area contributed by atoms with Crippen molar-refractivity contribution in [3.8, 4) is 0 Å². The van der Waals surface area contributed by atoms with Crippen LogP contribution in [0.3, 0.4) is 0 Å². The molecule has 0 aromatic heterocycles. The van der Waals surface area contributed by atoms with Crippen molar-refractivity contribution in [2.45, 2.75) is 31.7 Å². The fourth-order valence-electron chi connectivity index (χ4n) is 3.67. The van der Waals surface area contributed by atoms with Crippen LogP contribution in [0.4, 0.5) is 10.1 Å². The molecule has 2 amide bonds. The summed E-state index contributed by atoms with van der Waals surface area (Å²) in [4.78, 5) is 31.1. The van der Waals surface area contributed by atoms with E-state index in [9.17, 15) is 14.0 Å². The second-order valence-electron chi connectivity index (χ2n) is 7.53. The van der Waals surface area contributed by atoms with Crippen LogP contribution in [0.5, 0.6) is 0 Å². The molecule has 0 spiro atoms. The molecule has 0 bridgehead atoms. The van der Waals surface area contributed by atoms with Gasteiger partial charge >= 0.3 is 0 Å². The smallest absolute Gasteiger partial charge is 0.283 e. The van der Waals surface area contributed by atoms with E-state index in [-0.39, 0.29) is 34.3 Å². The van der Waals surface area contributed by atoms with Crippen molar-refractivity contribution in [1.29, 1.82) is 0 Å². The zero-order valence-corrected chi connectivity index (χ0v) is 19.3. The topological polar surface area (TPSA) is 61.8 Å². The fourth-order valence-corrected chi connectivity index (χ4v) is 4.79. The SMILES string of the molecule is O=C(CSC1=N/C(=C\c2ccc(Cl)c(Cl)c2)C(=O)N1c1ccccc1F)NC1CCCC1. The highest BCUT2D eigenvalue weighted by atomic mass is 35.5. The summed E-state index contributed by atoms with van der Waals surface area (Å²) >= 11 is 13.1. The van der Waals surface area contributed by atoms with Crippen LogP contribution in [0, 0.1) is 5.82 Å². The van der Waals surface area contributed by atoms with Crippen molar-refractivity contribution in [1.82, 2.24) is 5.32 Å². The van der Waals surface area contributed by atoms with E-state index in [4.69, 9.17) is 23.2 Å². The van der Waals surface area contributed by atoms with Crippen molar-refractivity contribution >= 4 is 63.7 Å². The maximum Gasteiger partial charge on any atom is 0.283 e. The van der Waals surface area contributed by atoms with E-state index in [0.717, 1.165) is 37.4 Å². The van der Waals surface area contributed by atoms with Crippen LogP contribution in [0.2, 0.25) is 10.0 Å². The molecular weight excluding hydrogens is 472 g/mol. The number of nitrogens with one attached hydrogen (secondary N) is 1. The molecule has 0 saturated heterocycles. The predicted molar refractivity (Wildman–Crippen MR) is 129 cm³/mol. The lowest BCUT2D eigenvalue weighted by Gasteiger charge is -2.18. The van der Waals surface area contributed by atoms with Gasteiger partial charge in [0.15, 0.2) is 5.17 Å². The van der Waals surface area contributed by atoms with Crippen molar-refractivity contribution in [3.05, 3.63) is 69.6 Å². The Balaban J connectivity index is 1.59. The summed E-state index contributed by atoms with van der Waals surface area (Å²) in [5, 5.41) is 3.99. The van der Waals surface area contributed by atoms with E-state index >= 15 is 0 Å². The second kappa shape index (κ2) is 10.1. The molecule has 1 fully saturated rings. The molecule has 4 rings (SSSR count). The molecule has 0 unspecified atom stereocenters. The zero-order valence-electron chi connectivity index (χ0n) is 17.0. The summed E-state index contributed by atoms with van der Waals surface area (Å²) < 4.78 is 14.5. The number of amidine groups is 1. The maximum atomic E-state index is 14.5. The number of hydrogen-bond acceptors (Lipinski definition) is 4. The lowest BCUT2D eigenvalue weighted by atomic mass is 10.2. The van der Waals surface area contributed by atoms with E-state index in [1.807, 2.05) is 0 Å². The lowest BCUT2D eigenvalue weighted by molar-refractivity contribution is -0.119. The normalized spacial score (nSPS) is 17.8. The van der Waals surface area contributed by atoms with Gasteiger partial charge in [0.2, 0.25) is 5.91 Å².